The van der Waals surface area contributed by atoms with E-state index in [-0.39, 0.29) is 0 Å². The standard InChI is InChI=1S/C9H18N2.C3H8/c1-2-6-11(7-3-1)9-4-5-10-8-9;1-3-2/h9-10H,1-8H2;3H2,1-2H3. The van der Waals surface area contributed by atoms with Crippen molar-refractivity contribution in [2.45, 2.75) is 52.0 Å². The average Bonchev–Trinajstić information content (AvgIpc) is 2.73. The molecule has 2 saturated heterocycles. The van der Waals surface area contributed by atoms with E-state index < -0.39 is 0 Å². The monoisotopic (exact) mass is 198 g/mol. The van der Waals surface area contributed by atoms with E-state index in [9.17, 15) is 0 Å². The minimum Gasteiger partial charge on any atom is -0.315 e. The van der Waals surface area contributed by atoms with Gasteiger partial charge in [0.1, 0.15) is 0 Å². The van der Waals surface area contributed by atoms with Crippen molar-refractivity contribution in [3.63, 3.8) is 0 Å². The Morgan fingerprint density at radius 1 is 1.14 bits per heavy atom. The maximum absolute atomic E-state index is 3.43. The number of piperidine rings is 1. The lowest BCUT2D eigenvalue weighted by Crippen LogP contribution is -2.40. The maximum atomic E-state index is 3.43. The summed E-state index contributed by atoms with van der Waals surface area (Å²) >= 11 is 0. The van der Waals surface area contributed by atoms with E-state index in [4.69, 9.17) is 0 Å². The fourth-order valence-corrected chi connectivity index (χ4v) is 2.23. The molecule has 0 amide bonds. The van der Waals surface area contributed by atoms with Crippen molar-refractivity contribution in [2.75, 3.05) is 26.2 Å². The van der Waals surface area contributed by atoms with Crippen LogP contribution in [0, 0.1) is 0 Å². The molecule has 1 N–H and O–H groups in total. The fourth-order valence-electron chi connectivity index (χ4n) is 2.23. The fraction of sp³-hybridized carbons (Fsp3) is 1.00. The molecule has 1 unspecified atom stereocenters. The lowest BCUT2D eigenvalue weighted by Gasteiger charge is -2.31. The first-order valence-corrected chi connectivity index (χ1v) is 6.33. The predicted molar refractivity (Wildman–Crippen MR) is 62.7 cm³/mol. The second kappa shape index (κ2) is 7.24. The Labute approximate surface area is 89.1 Å². The molecule has 0 spiro atoms. The Kier molecular flexibility index (Phi) is 6.20. The molecule has 0 aromatic rings. The molecule has 84 valence electrons. The molecule has 2 nitrogen and oxygen atoms in total. The SMILES string of the molecule is C1CCN(C2CCNC2)CC1.CCC. The van der Waals surface area contributed by atoms with E-state index in [0.29, 0.717) is 0 Å². The Bertz CT molecular complexity index is 124. The Balaban J connectivity index is 0.000000293. The van der Waals surface area contributed by atoms with Crippen LogP contribution in [0.15, 0.2) is 0 Å². The second-order valence-electron chi connectivity index (χ2n) is 4.45. The molecule has 0 radical (unpaired) electrons. The summed E-state index contributed by atoms with van der Waals surface area (Å²) < 4.78 is 0. The van der Waals surface area contributed by atoms with E-state index in [1.807, 2.05) is 0 Å². The predicted octanol–water partition coefficient (Wildman–Crippen LogP) is 2.25. The van der Waals surface area contributed by atoms with Crippen molar-refractivity contribution >= 4 is 0 Å². The minimum atomic E-state index is 0.871. The van der Waals surface area contributed by atoms with Crippen LogP contribution < -0.4 is 5.32 Å². The van der Waals surface area contributed by atoms with E-state index in [1.165, 1.54) is 58.3 Å². The zero-order valence-corrected chi connectivity index (χ0v) is 9.89. The highest BCUT2D eigenvalue weighted by Gasteiger charge is 2.22. The van der Waals surface area contributed by atoms with Crippen LogP contribution >= 0.6 is 0 Å². The van der Waals surface area contributed by atoms with E-state index in [1.54, 1.807) is 0 Å². The van der Waals surface area contributed by atoms with Gasteiger partial charge in [0, 0.05) is 12.6 Å². The molecule has 2 aliphatic rings. The maximum Gasteiger partial charge on any atom is 0.0232 e. The van der Waals surface area contributed by atoms with Crippen molar-refractivity contribution in [2.24, 2.45) is 0 Å². The van der Waals surface area contributed by atoms with Gasteiger partial charge in [-0.25, -0.2) is 0 Å². The highest BCUT2D eigenvalue weighted by molar-refractivity contribution is 4.81. The van der Waals surface area contributed by atoms with Gasteiger partial charge in [0.05, 0.1) is 0 Å². The molecule has 0 aliphatic carbocycles. The summed E-state index contributed by atoms with van der Waals surface area (Å²) in [5.41, 5.74) is 0. The van der Waals surface area contributed by atoms with Gasteiger partial charge in [0.2, 0.25) is 0 Å². The molecule has 2 rings (SSSR count). The molecule has 0 saturated carbocycles. The van der Waals surface area contributed by atoms with Crippen LogP contribution in [0.3, 0.4) is 0 Å². The Hall–Kier alpha value is -0.0800. The molecule has 0 bridgehead atoms. The highest BCUT2D eigenvalue weighted by atomic mass is 15.2. The summed E-state index contributed by atoms with van der Waals surface area (Å²) in [5, 5.41) is 3.43. The Morgan fingerprint density at radius 2 is 1.79 bits per heavy atom. The Morgan fingerprint density at radius 3 is 2.29 bits per heavy atom. The summed E-state index contributed by atoms with van der Waals surface area (Å²) in [4.78, 5) is 2.67. The number of nitrogens with zero attached hydrogens (tertiary/aromatic N) is 1. The van der Waals surface area contributed by atoms with E-state index >= 15 is 0 Å². The normalized spacial score (nSPS) is 28.3. The first-order valence-electron chi connectivity index (χ1n) is 6.33. The first kappa shape index (κ1) is 12.0. The molecule has 14 heavy (non-hydrogen) atoms. The van der Waals surface area contributed by atoms with E-state index in [0.717, 1.165) is 6.04 Å². The first-order chi connectivity index (χ1) is 6.88. The molecule has 2 heteroatoms. The van der Waals surface area contributed by atoms with Gasteiger partial charge in [0.15, 0.2) is 0 Å². The molecule has 2 heterocycles. The van der Waals surface area contributed by atoms with Gasteiger partial charge < -0.3 is 5.32 Å². The lowest BCUT2D eigenvalue weighted by molar-refractivity contribution is 0.173. The highest BCUT2D eigenvalue weighted by Crippen LogP contribution is 2.15. The average molecular weight is 198 g/mol. The topological polar surface area (TPSA) is 15.3 Å². The third-order valence-corrected chi connectivity index (χ3v) is 2.94. The van der Waals surface area contributed by atoms with Gasteiger partial charge in [0.25, 0.3) is 0 Å². The molecular formula is C12H26N2. The largest absolute Gasteiger partial charge is 0.315 e. The number of nitrogens with one attached hydrogen (secondary N) is 1. The summed E-state index contributed by atoms with van der Waals surface area (Å²) in [6, 6.07) is 0.871. The van der Waals surface area contributed by atoms with Crippen molar-refractivity contribution in [3.8, 4) is 0 Å². The van der Waals surface area contributed by atoms with Gasteiger partial charge in [-0.2, -0.15) is 0 Å². The summed E-state index contributed by atoms with van der Waals surface area (Å²) in [5.74, 6) is 0. The smallest absolute Gasteiger partial charge is 0.0232 e. The molecule has 1 atom stereocenters. The third kappa shape index (κ3) is 3.97. The summed E-state index contributed by atoms with van der Waals surface area (Å²) in [7, 11) is 0. The molecule has 2 fully saturated rings. The summed E-state index contributed by atoms with van der Waals surface area (Å²) in [6.45, 7) is 9.43. The van der Waals surface area contributed by atoms with Crippen LogP contribution in [0.1, 0.15) is 46.0 Å². The molecule has 0 aromatic carbocycles. The molecule has 0 aromatic heterocycles. The van der Waals surface area contributed by atoms with E-state index in [2.05, 4.69) is 24.1 Å². The van der Waals surface area contributed by atoms with Gasteiger partial charge in [-0.05, 0) is 38.9 Å². The molecule has 2 aliphatic heterocycles. The van der Waals surface area contributed by atoms with Crippen LogP contribution in [0.2, 0.25) is 0 Å². The molecular weight excluding hydrogens is 172 g/mol. The van der Waals surface area contributed by atoms with Crippen LogP contribution in [0.25, 0.3) is 0 Å². The number of hydrogen-bond donors (Lipinski definition) is 1. The van der Waals surface area contributed by atoms with Crippen molar-refractivity contribution < 1.29 is 0 Å². The van der Waals surface area contributed by atoms with Gasteiger partial charge in [-0.1, -0.05) is 26.7 Å². The zero-order chi connectivity index (χ0) is 10.2. The number of hydrogen-bond acceptors (Lipinski definition) is 2. The minimum absolute atomic E-state index is 0.871. The van der Waals surface area contributed by atoms with Crippen molar-refractivity contribution in [1.29, 1.82) is 0 Å². The van der Waals surface area contributed by atoms with Gasteiger partial charge in [-0.15, -0.1) is 0 Å². The number of rotatable bonds is 1. The van der Waals surface area contributed by atoms with Gasteiger partial charge >= 0.3 is 0 Å². The van der Waals surface area contributed by atoms with Crippen molar-refractivity contribution in [1.82, 2.24) is 10.2 Å². The number of likely N-dealkylation sites (tertiary alicyclic amines) is 1. The van der Waals surface area contributed by atoms with Crippen LogP contribution in [0.5, 0.6) is 0 Å². The van der Waals surface area contributed by atoms with Crippen LogP contribution in [-0.2, 0) is 0 Å². The van der Waals surface area contributed by atoms with Crippen LogP contribution in [-0.4, -0.2) is 37.1 Å². The van der Waals surface area contributed by atoms with Crippen LogP contribution in [0.4, 0.5) is 0 Å². The second-order valence-corrected chi connectivity index (χ2v) is 4.45. The lowest BCUT2D eigenvalue weighted by atomic mass is 10.1. The zero-order valence-electron chi connectivity index (χ0n) is 9.89. The van der Waals surface area contributed by atoms with Crippen molar-refractivity contribution in [3.05, 3.63) is 0 Å². The quantitative estimate of drug-likeness (QED) is 0.695. The third-order valence-electron chi connectivity index (χ3n) is 2.94. The summed E-state index contributed by atoms with van der Waals surface area (Å²) in [6.07, 6.45) is 6.93. The van der Waals surface area contributed by atoms with Gasteiger partial charge in [-0.3, -0.25) is 4.90 Å².